The van der Waals surface area contributed by atoms with Gasteiger partial charge in [0.2, 0.25) is 0 Å². The lowest BCUT2D eigenvalue weighted by atomic mass is 10.3. The molecule has 0 amide bonds. The van der Waals surface area contributed by atoms with E-state index < -0.39 is 5.97 Å². The number of carboxylic acids is 1. The van der Waals surface area contributed by atoms with E-state index in [0.29, 0.717) is 4.47 Å². The molecular weight excluding hydrogens is 316 g/mol. The monoisotopic (exact) mass is 318 g/mol. The quantitative estimate of drug-likeness (QED) is 0.879. The molecular formula is C8H4Br2N2O2. The number of hydrogen-bond donors (Lipinski definition) is 1. The Labute approximate surface area is 95.8 Å². The Hall–Kier alpha value is -0.880. The molecule has 0 unspecified atom stereocenters. The van der Waals surface area contributed by atoms with Crippen LogP contribution in [-0.4, -0.2) is 20.7 Å². The van der Waals surface area contributed by atoms with Crippen molar-refractivity contribution in [3.63, 3.8) is 0 Å². The molecule has 0 atom stereocenters. The number of aromatic carboxylic acids is 1. The standard InChI is InChI=1S/C8H4Br2N2O2/c9-4-1-2-5-6(10)7(8(13)14)11-12(5)3-4/h1-3H,(H,13,14). The summed E-state index contributed by atoms with van der Waals surface area (Å²) in [5.41, 5.74) is 0.744. The van der Waals surface area contributed by atoms with Gasteiger partial charge >= 0.3 is 5.97 Å². The van der Waals surface area contributed by atoms with Gasteiger partial charge in [-0.3, -0.25) is 0 Å². The SMILES string of the molecule is O=C(O)c1nn2cc(Br)ccc2c1Br. The van der Waals surface area contributed by atoms with Gasteiger partial charge in [-0.2, -0.15) is 5.10 Å². The lowest BCUT2D eigenvalue weighted by Crippen LogP contribution is -1.98. The largest absolute Gasteiger partial charge is 0.476 e. The average Bonchev–Trinajstić information content (AvgIpc) is 2.43. The smallest absolute Gasteiger partial charge is 0.357 e. The van der Waals surface area contributed by atoms with Crippen LogP contribution in [0, 0.1) is 0 Å². The zero-order valence-electron chi connectivity index (χ0n) is 6.74. The third-order valence-corrected chi connectivity index (χ3v) is 2.99. The zero-order chi connectivity index (χ0) is 10.3. The fourth-order valence-corrected chi connectivity index (χ4v) is 2.02. The number of pyridine rings is 1. The summed E-state index contributed by atoms with van der Waals surface area (Å²) in [5, 5.41) is 12.7. The van der Waals surface area contributed by atoms with Crippen molar-refractivity contribution in [2.75, 3.05) is 0 Å². The van der Waals surface area contributed by atoms with Crippen LogP contribution < -0.4 is 0 Å². The first-order valence-corrected chi connectivity index (χ1v) is 5.25. The molecule has 14 heavy (non-hydrogen) atoms. The molecule has 2 aromatic rings. The Bertz CT molecular complexity index is 521. The number of halogens is 2. The van der Waals surface area contributed by atoms with E-state index in [1.165, 1.54) is 4.52 Å². The van der Waals surface area contributed by atoms with Crippen LogP contribution in [0.1, 0.15) is 10.5 Å². The molecule has 0 aliphatic rings. The predicted octanol–water partition coefficient (Wildman–Crippen LogP) is 2.56. The van der Waals surface area contributed by atoms with Crippen LogP contribution in [-0.2, 0) is 0 Å². The van der Waals surface area contributed by atoms with Gasteiger partial charge in [-0.25, -0.2) is 9.31 Å². The molecule has 0 bridgehead atoms. The summed E-state index contributed by atoms with van der Waals surface area (Å²) in [6, 6.07) is 3.61. The second-order valence-electron chi connectivity index (χ2n) is 2.64. The van der Waals surface area contributed by atoms with E-state index >= 15 is 0 Å². The van der Waals surface area contributed by atoms with E-state index in [-0.39, 0.29) is 5.69 Å². The summed E-state index contributed by atoms with van der Waals surface area (Å²) in [5.74, 6) is -1.04. The Balaban J connectivity index is 2.79. The van der Waals surface area contributed by atoms with Crippen molar-refractivity contribution < 1.29 is 9.90 Å². The first-order valence-electron chi connectivity index (χ1n) is 3.66. The van der Waals surface area contributed by atoms with Crippen molar-refractivity contribution in [1.82, 2.24) is 9.61 Å². The number of fused-ring (bicyclic) bond motifs is 1. The molecule has 0 aliphatic carbocycles. The van der Waals surface area contributed by atoms with Gasteiger partial charge in [0.25, 0.3) is 0 Å². The van der Waals surface area contributed by atoms with Crippen molar-refractivity contribution in [2.24, 2.45) is 0 Å². The van der Waals surface area contributed by atoms with Crippen LogP contribution in [0.25, 0.3) is 5.52 Å². The normalized spacial score (nSPS) is 10.7. The summed E-state index contributed by atoms with van der Waals surface area (Å²) in [6.45, 7) is 0. The Morgan fingerprint density at radius 3 is 2.79 bits per heavy atom. The fraction of sp³-hybridized carbons (Fsp3) is 0. The van der Waals surface area contributed by atoms with Crippen molar-refractivity contribution in [2.45, 2.75) is 0 Å². The summed E-state index contributed by atoms with van der Waals surface area (Å²) in [6.07, 6.45) is 1.70. The zero-order valence-corrected chi connectivity index (χ0v) is 9.91. The molecule has 0 aromatic carbocycles. The molecule has 6 heteroatoms. The highest BCUT2D eigenvalue weighted by molar-refractivity contribution is 9.11. The number of carbonyl (C=O) groups is 1. The minimum absolute atomic E-state index is 0.0168. The molecule has 0 fully saturated rings. The Morgan fingerprint density at radius 1 is 1.43 bits per heavy atom. The maximum absolute atomic E-state index is 10.8. The van der Waals surface area contributed by atoms with Crippen molar-refractivity contribution in [1.29, 1.82) is 0 Å². The topological polar surface area (TPSA) is 54.6 Å². The maximum Gasteiger partial charge on any atom is 0.357 e. The van der Waals surface area contributed by atoms with Gasteiger partial charge in [-0.15, -0.1) is 0 Å². The molecule has 0 saturated carbocycles. The molecule has 0 radical (unpaired) electrons. The molecule has 1 N–H and O–H groups in total. The van der Waals surface area contributed by atoms with E-state index in [4.69, 9.17) is 5.11 Å². The van der Waals surface area contributed by atoms with Crippen molar-refractivity contribution in [3.05, 3.63) is 33.0 Å². The van der Waals surface area contributed by atoms with Gasteiger partial charge in [0, 0.05) is 10.7 Å². The first kappa shape index (κ1) is 9.67. The van der Waals surface area contributed by atoms with E-state index in [1.807, 2.05) is 6.07 Å². The summed E-state index contributed by atoms with van der Waals surface area (Å²) in [4.78, 5) is 10.8. The third kappa shape index (κ3) is 1.44. The number of carboxylic acid groups (broad SMARTS) is 1. The number of aromatic nitrogens is 2. The van der Waals surface area contributed by atoms with Gasteiger partial charge in [0.1, 0.15) is 0 Å². The third-order valence-electron chi connectivity index (χ3n) is 1.74. The maximum atomic E-state index is 10.8. The minimum atomic E-state index is -1.04. The lowest BCUT2D eigenvalue weighted by molar-refractivity contribution is 0.0689. The molecule has 0 aliphatic heterocycles. The van der Waals surface area contributed by atoms with Crippen molar-refractivity contribution >= 4 is 43.3 Å². The van der Waals surface area contributed by atoms with Crippen LogP contribution in [0.4, 0.5) is 0 Å². The highest BCUT2D eigenvalue weighted by Gasteiger charge is 2.15. The van der Waals surface area contributed by atoms with Gasteiger partial charge in [-0.1, -0.05) is 0 Å². The van der Waals surface area contributed by atoms with E-state index in [0.717, 1.165) is 9.99 Å². The lowest BCUT2D eigenvalue weighted by Gasteiger charge is -1.92. The van der Waals surface area contributed by atoms with Gasteiger partial charge < -0.3 is 5.11 Å². The number of hydrogen-bond acceptors (Lipinski definition) is 2. The second kappa shape index (κ2) is 3.36. The van der Waals surface area contributed by atoms with Gasteiger partial charge in [-0.05, 0) is 44.0 Å². The Kier molecular flexibility index (Phi) is 2.32. The molecule has 2 heterocycles. The van der Waals surface area contributed by atoms with Crippen LogP contribution in [0.5, 0.6) is 0 Å². The van der Waals surface area contributed by atoms with Gasteiger partial charge in [0.15, 0.2) is 5.69 Å². The summed E-state index contributed by atoms with van der Waals surface area (Å²) < 4.78 is 2.85. The van der Waals surface area contributed by atoms with Crippen LogP contribution >= 0.6 is 31.9 Å². The summed E-state index contributed by atoms with van der Waals surface area (Å²) >= 11 is 6.48. The minimum Gasteiger partial charge on any atom is -0.476 e. The van der Waals surface area contributed by atoms with Crippen LogP contribution in [0.3, 0.4) is 0 Å². The molecule has 4 nitrogen and oxygen atoms in total. The van der Waals surface area contributed by atoms with E-state index in [2.05, 4.69) is 37.0 Å². The highest BCUT2D eigenvalue weighted by Crippen LogP contribution is 2.23. The van der Waals surface area contributed by atoms with Gasteiger partial charge in [0.05, 0.1) is 9.99 Å². The Morgan fingerprint density at radius 2 is 2.14 bits per heavy atom. The first-order chi connectivity index (χ1) is 6.59. The number of nitrogens with zero attached hydrogens (tertiary/aromatic N) is 2. The molecule has 2 rings (SSSR count). The highest BCUT2D eigenvalue weighted by atomic mass is 79.9. The van der Waals surface area contributed by atoms with Crippen LogP contribution in [0.15, 0.2) is 27.3 Å². The molecule has 0 saturated heterocycles. The molecule has 2 aromatic heterocycles. The average molecular weight is 320 g/mol. The van der Waals surface area contributed by atoms with E-state index in [9.17, 15) is 4.79 Å². The van der Waals surface area contributed by atoms with Crippen LogP contribution in [0.2, 0.25) is 0 Å². The number of rotatable bonds is 1. The van der Waals surface area contributed by atoms with E-state index in [1.54, 1.807) is 12.3 Å². The molecule has 0 spiro atoms. The predicted molar refractivity (Wildman–Crippen MR) is 57.6 cm³/mol. The van der Waals surface area contributed by atoms with Crippen molar-refractivity contribution in [3.8, 4) is 0 Å². The second-order valence-corrected chi connectivity index (χ2v) is 4.35. The molecule has 72 valence electrons. The fourth-order valence-electron chi connectivity index (χ4n) is 1.13. The summed E-state index contributed by atoms with van der Waals surface area (Å²) in [7, 11) is 0.